The molecule has 0 spiro atoms. The van der Waals surface area contributed by atoms with Crippen LogP contribution >= 0.6 is 11.6 Å². The molecular weight excluding hydrogens is 289 g/mol. The van der Waals surface area contributed by atoms with Gasteiger partial charge in [0.15, 0.2) is 0 Å². The van der Waals surface area contributed by atoms with Crippen molar-refractivity contribution in [2.45, 2.75) is 25.3 Å². The first-order chi connectivity index (χ1) is 10.3. The fourth-order valence-electron chi connectivity index (χ4n) is 3.97. The van der Waals surface area contributed by atoms with E-state index in [9.17, 15) is 4.39 Å². The molecule has 3 saturated heterocycles. The zero-order chi connectivity index (χ0) is 14.4. The van der Waals surface area contributed by atoms with Gasteiger partial charge in [-0.2, -0.15) is 0 Å². The number of halogens is 2. The fourth-order valence-corrected chi connectivity index (χ4v) is 4.14. The van der Waals surface area contributed by atoms with Crippen LogP contribution in [-0.4, -0.2) is 40.0 Å². The number of imidazole rings is 1. The molecule has 0 amide bonds. The number of rotatable bonds is 3. The molecule has 1 atom stereocenters. The molecule has 3 nitrogen and oxygen atoms in total. The average Bonchev–Trinajstić information content (AvgIpc) is 2.86. The number of alkyl halides is 1. The molecule has 0 aliphatic carbocycles. The zero-order valence-electron chi connectivity index (χ0n) is 11.9. The predicted molar refractivity (Wildman–Crippen MR) is 82.3 cm³/mol. The van der Waals surface area contributed by atoms with Gasteiger partial charge in [-0.3, -0.25) is 0 Å². The van der Waals surface area contributed by atoms with E-state index in [-0.39, 0.29) is 5.82 Å². The molecule has 3 aliphatic rings. The fraction of sp³-hybridized carbons (Fsp3) is 0.562. The van der Waals surface area contributed by atoms with Gasteiger partial charge in [-0.25, -0.2) is 9.37 Å². The molecule has 0 radical (unpaired) electrons. The van der Waals surface area contributed by atoms with Crippen LogP contribution in [0.15, 0.2) is 18.2 Å². The lowest BCUT2D eigenvalue weighted by Crippen LogP contribution is -2.48. The minimum atomic E-state index is -0.192. The highest BCUT2D eigenvalue weighted by Gasteiger charge is 2.36. The largest absolute Gasteiger partial charge is 0.323 e. The van der Waals surface area contributed by atoms with E-state index in [0.717, 1.165) is 29.8 Å². The molecule has 4 heterocycles. The molecule has 21 heavy (non-hydrogen) atoms. The highest BCUT2D eigenvalue weighted by molar-refractivity contribution is 6.17. The van der Waals surface area contributed by atoms with Crippen molar-refractivity contribution in [1.82, 2.24) is 14.5 Å². The average molecular weight is 308 g/mol. The van der Waals surface area contributed by atoms with Gasteiger partial charge in [-0.15, -0.1) is 11.6 Å². The maximum atomic E-state index is 13.7. The van der Waals surface area contributed by atoms with Crippen molar-refractivity contribution in [3.63, 3.8) is 0 Å². The Kier molecular flexibility index (Phi) is 3.38. The summed E-state index contributed by atoms with van der Waals surface area (Å²) >= 11 is 5.95. The molecular formula is C16H19ClFN3. The maximum absolute atomic E-state index is 13.7. The number of fused-ring (bicyclic) bond motifs is 4. The minimum absolute atomic E-state index is 0.192. The molecule has 0 saturated carbocycles. The van der Waals surface area contributed by atoms with Gasteiger partial charge in [0, 0.05) is 18.8 Å². The second-order valence-electron chi connectivity index (χ2n) is 6.18. The summed E-state index contributed by atoms with van der Waals surface area (Å²) < 4.78 is 16.0. The number of aromatic nitrogens is 2. The van der Waals surface area contributed by atoms with E-state index in [1.165, 1.54) is 32.0 Å². The summed E-state index contributed by atoms with van der Waals surface area (Å²) in [5, 5.41) is 0. The third kappa shape index (κ3) is 2.25. The number of aryl methyl sites for hydroxylation is 1. The predicted octanol–water partition coefficient (Wildman–Crippen LogP) is 3.22. The van der Waals surface area contributed by atoms with Gasteiger partial charge in [0.25, 0.3) is 0 Å². The van der Waals surface area contributed by atoms with E-state index < -0.39 is 0 Å². The number of hydrogen-bond donors (Lipinski definition) is 0. The van der Waals surface area contributed by atoms with Gasteiger partial charge in [0.2, 0.25) is 0 Å². The quantitative estimate of drug-likeness (QED) is 0.812. The first-order valence-corrected chi connectivity index (χ1v) is 8.24. The first kappa shape index (κ1) is 13.5. The summed E-state index contributed by atoms with van der Waals surface area (Å²) in [7, 11) is 0. The Labute approximate surface area is 128 Å². The topological polar surface area (TPSA) is 21.1 Å². The summed E-state index contributed by atoms with van der Waals surface area (Å²) in [6, 6.07) is 5.30. The lowest BCUT2D eigenvalue weighted by atomic mass is 9.83. The zero-order valence-corrected chi connectivity index (χ0v) is 12.7. The van der Waals surface area contributed by atoms with Crippen LogP contribution in [-0.2, 0) is 6.42 Å². The molecule has 3 aliphatic heterocycles. The van der Waals surface area contributed by atoms with E-state index >= 15 is 0 Å². The van der Waals surface area contributed by atoms with Crippen molar-refractivity contribution < 1.29 is 4.39 Å². The molecule has 1 aromatic heterocycles. The Morgan fingerprint density at radius 3 is 2.76 bits per heavy atom. The second kappa shape index (κ2) is 5.25. The highest BCUT2D eigenvalue weighted by Crippen LogP contribution is 2.38. The molecule has 5 heteroatoms. The van der Waals surface area contributed by atoms with Crippen molar-refractivity contribution >= 4 is 22.6 Å². The van der Waals surface area contributed by atoms with Crippen molar-refractivity contribution in [1.29, 1.82) is 0 Å². The number of nitrogens with zero attached hydrogens (tertiary/aromatic N) is 3. The normalized spacial score (nSPS) is 28.4. The Hall–Kier alpha value is -1.13. The second-order valence-corrected chi connectivity index (χ2v) is 6.55. The Morgan fingerprint density at radius 1 is 1.29 bits per heavy atom. The van der Waals surface area contributed by atoms with Gasteiger partial charge >= 0.3 is 0 Å². The monoisotopic (exact) mass is 307 g/mol. The molecule has 3 fully saturated rings. The van der Waals surface area contributed by atoms with Crippen LogP contribution in [0.4, 0.5) is 4.39 Å². The third-order valence-electron chi connectivity index (χ3n) is 5.00. The number of benzene rings is 1. The summed E-state index contributed by atoms with van der Waals surface area (Å²) in [6.07, 6.45) is 3.21. The molecule has 2 aromatic rings. The van der Waals surface area contributed by atoms with Crippen LogP contribution in [0.3, 0.4) is 0 Å². The van der Waals surface area contributed by atoms with Crippen LogP contribution in [0.25, 0.3) is 11.0 Å². The third-order valence-corrected chi connectivity index (χ3v) is 5.18. The van der Waals surface area contributed by atoms with Gasteiger partial charge in [0.05, 0.1) is 17.1 Å². The summed E-state index contributed by atoms with van der Waals surface area (Å²) in [4.78, 5) is 7.21. The van der Waals surface area contributed by atoms with Crippen molar-refractivity contribution in [2.24, 2.45) is 5.92 Å². The highest BCUT2D eigenvalue weighted by atomic mass is 35.5. The standard InChI is InChI=1S/C16H19ClFN3/c17-6-3-16-19-13-2-1-12(18)9-14(13)21(16)15-10-20-7-4-11(15)5-8-20/h1-2,9,11,15H,3-8,10H2. The summed E-state index contributed by atoms with van der Waals surface area (Å²) in [5.41, 5.74) is 1.81. The van der Waals surface area contributed by atoms with Crippen LogP contribution in [0.1, 0.15) is 24.7 Å². The van der Waals surface area contributed by atoms with Gasteiger partial charge < -0.3 is 9.47 Å². The van der Waals surface area contributed by atoms with E-state index in [0.29, 0.717) is 17.8 Å². The van der Waals surface area contributed by atoms with E-state index in [2.05, 4.69) is 9.47 Å². The lowest BCUT2D eigenvalue weighted by Gasteiger charge is -2.45. The van der Waals surface area contributed by atoms with Gasteiger partial charge in [0.1, 0.15) is 11.6 Å². The van der Waals surface area contributed by atoms with E-state index in [1.54, 1.807) is 12.1 Å². The van der Waals surface area contributed by atoms with Crippen LogP contribution in [0, 0.1) is 11.7 Å². The minimum Gasteiger partial charge on any atom is -0.323 e. The first-order valence-electron chi connectivity index (χ1n) is 7.71. The smallest absolute Gasteiger partial charge is 0.125 e. The lowest BCUT2D eigenvalue weighted by molar-refractivity contribution is 0.0576. The molecule has 1 unspecified atom stereocenters. The Morgan fingerprint density at radius 2 is 2.10 bits per heavy atom. The summed E-state index contributed by atoms with van der Waals surface area (Å²) in [6.45, 7) is 3.46. The molecule has 112 valence electrons. The Bertz CT molecular complexity index is 661. The van der Waals surface area contributed by atoms with Gasteiger partial charge in [-0.1, -0.05) is 0 Å². The molecule has 1 aromatic carbocycles. The number of piperidine rings is 3. The summed E-state index contributed by atoms with van der Waals surface area (Å²) in [5.74, 6) is 2.05. The van der Waals surface area contributed by atoms with Gasteiger partial charge in [-0.05, 0) is 50.0 Å². The number of hydrogen-bond acceptors (Lipinski definition) is 2. The molecule has 2 bridgehead atoms. The van der Waals surface area contributed by atoms with E-state index in [1.807, 2.05) is 0 Å². The van der Waals surface area contributed by atoms with Crippen molar-refractivity contribution in [2.75, 3.05) is 25.5 Å². The van der Waals surface area contributed by atoms with Crippen molar-refractivity contribution in [3.05, 3.63) is 29.8 Å². The van der Waals surface area contributed by atoms with Crippen LogP contribution in [0.2, 0.25) is 0 Å². The van der Waals surface area contributed by atoms with Crippen LogP contribution in [0.5, 0.6) is 0 Å². The maximum Gasteiger partial charge on any atom is 0.125 e. The molecule has 5 rings (SSSR count). The Balaban J connectivity index is 1.85. The van der Waals surface area contributed by atoms with Crippen LogP contribution < -0.4 is 0 Å². The SMILES string of the molecule is Fc1ccc2nc(CCCl)n(C3CN4CCC3CC4)c2c1. The van der Waals surface area contributed by atoms with Crippen molar-refractivity contribution in [3.8, 4) is 0 Å². The van der Waals surface area contributed by atoms with E-state index in [4.69, 9.17) is 16.6 Å². The molecule has 0 N–H and O–H groups in total.